The molecule has 0 fully saturated rings. The van der Waals surface area contributed by atoms with E-state index in [4.69, 9.17) is 0 Å². The molecule has 0 saturated heterocycles. The van der Waals surface area contributed by atoms with E-state index in [0.717, 1.165) is 0 Å². The van der Waals surface area contributed by atoms with Crippen molar-refractivity contribution in [3.05, 3.63) is 20.8 Å². The van der Waals surface area contributed by atoms with Crippen LogP contribution in [0.2, 0.25) is 0 Å². The Bertz CT molecular complexity index is 327. The minimum atomic E-state index is -0.562. The van der Waals surface area contributed by atoms with Gasteiger partial charge >= 0.3 is 0 Å². The van der Waals surface area contributed by atoms with Gasteiger partial charge in [0.15, 0.2) is 0 Å². The molecule has 0 atom stereocenters. The second kappa shape index (κ2) is 3.57. The first-order valence-electron chi connectivity index (χ1n) is 2.61. The standard InChI is InChI=1S/C6H2BrNO2S/c7-5-4(1-2-11-5)6(10)8-3-9/h1-2H. The number of isocyanates is 1. The van der Waals surface area contributed by atoms with Crippen LogP contribution in [-0.2, 0) is 4.79 Å². The monoisotopic (exact) mass is 231 g/mol. The number of hydrogen-bond donors (Lipinski definition) is 0. The van der Waals surface area contributed by atoms with Crippen molar-refractivity contribution in [2.24, 2.45) is 4.99 Å². The third-order valence-corrected chi connectivity index (χ3v) is 2.68. The molecule has 0 bridgehead atoms. The predicted molar refractivity (Wildman–Crippen MR) is 44.5 cm³/mol. The van der Waals surface area contributed by atoms with Gasteiger partial charge in [0.2, 0.25) is 6.08 Å². The Morgan fingerprint density at radius 1 is 1.73 bits per heavy atom. The lowest BCUT2D eigenvalue weighted by Crippen LogP contribution is -1.91. The van der Waals surface area contributed by atoms with Crippen LogP contribution < -0.4 is 0 Å². The van der Waals surface area contributed by atoms with E-state index in [9.17, 15) is 9.59 Å². The van der Waals surface area contributed by atoms with Gasteiger partial charge < -0.3 is 0 Å². The van der Waals surface area contributed by atoms with Crippen LogP contribution >= 0.6 is 27.3 Å². The highest BCUT2D eigenvalue weighted by atomic mass is 79.9. The number of nitrogens with zero attached hydrogens (tertiary/aromatic N) is 1. The number of thiophene rings is 1. The average Bonchev–Trinajstić information content (AvgIpc) is 2.36. The number of carbonyl (C=O) groups excluding carboxylic acids is 2. The molecule has 0 aliphatic carbocycles. The summed E-state index contributed by atoms with van der Waals surface area (Å²) in [5.74, 6) is -0.562. The van der Waals surface area contributed by atoms with Gasteiger partial charge in [-0.2, -0.15) is 0 Å². The Labute approximate surface area is 74.9 Å². The molecule has 56 valence electrons. The van der Waals surface area contributed by atoms with Gasteiger partial charge in [-0.1, -0.05) is 0 Å². The van der Waals surface area contributed by atoms with Crippen LogP contribution in [0.15, 0.2) is 20.2 Å². The predicted octanol–water partition coefficient (Wildman–Crippen LogP) is 1.99. The van der Waals surface area contributed by atoms with Crippen LogP contribution in [0, 0.1) is 0 Å². The highest BCUT2D eigenvalue weighted by molar-refractivity contribution is 9.11. The van der Waals surface area contributed by atoms with Gasteiger partial charge in [-0.05, 0) is 27.4 Å². The fourth-order valence-corrected chi connectivity index (χ4v) is 1.78. The Balaban J connectivity index is 3.02. The molecule has 1 amide bonds. The fourth-order valence-electron chi connectivity index (χ4n) is 0.548. The Hall–Kier alpha value is -0.770. The summed E-state index contributed by atoms with van der Waals surface area (Å²) in [4.78, 5) is 23.5. The van der Waals surface area contributed by atoms with Crippen molar-refractivity contribution in [1.29, 1.82) is 0 Å². The summed E-state index contributed by atoms with van der Waals surface area (Å²) in [5.41, 5.74) is 0.401. The molecule has 3 nitrogen and oxygen atoms in total. The Morgan fingerprint density at radius 2 is 2.45 bits per heavy atom. The first-order valence-corrected chi connectivity index (χ1v) is 4.28. The maximum atomic E-state index is 10.9. The van der Waals surface area contributed by atoms with Gasteiger partial charge in [-0.15, -0.1) is 16.3 Å². The van der Waals surface area contributed by atoms with Crippen LogP contribution in [0.25, 0.3) is 0 Å². The van der Waals surface area contributed by atoms with Crippen LogP contribution in [0.4, 0.5) is 0 Å². The minimum absolute atomic E-state index is 0.401. The summed E-state index contributed by atoms with van der Waals surface area (Å²) in [5, 5.41) is 1.73. The Morgan fingerprint density at radius 3 is 2.91 bits per heavy atom. The van der Waals surface area contributed by atoms with Crippen LogP contribution in [0.1, 0.15) is 10.4 Å². The smallest absolute Gasteiger partial charge is 0.266 e. The summed E-state index contributed by atoms with van der Waals surface area (Å²) in [6.07, 6.45) is 1.19. The second-order valence-electron chi connectivity index (χ2n) is 1.62. The minimum Gasteiger partial charge on any atom is -0.266 e. The largest absolute Gasteiger partial charge is 0.289 e. The van der Waals surface area contributed by atoms with Gasteiger partial charge in [0, 0.05) is 0 Å². The Kier molecular flexibility index (Phi) is 2.70. The quantitative estimate of drug-likeness (QED) is 0.549. The summed E-state index contributed by atoms with van der Waals surface area (Å²) in [6.45, 7) is 0. The normalized spacial score (nSPS) is 8.82. The number of rotatable bonds is 1. The van der Waals surface area contributed by atoms with Crippen molar-refractivity contribution < 1.29 is 9.59 Å². The van der Waals surface area contributed by atoms with Crippen molar-refractivity contribution in [1.82, 2.24) is 0 Å². The summed E-state index contributed by atoms with van der Waals surface area (Å²) < 4.78 is 0.682. The molecule has 1 aromatic rings. The first kappa shape index (κ1) is 8.33. The lowest BCUT2D eigenvalue weighted by atomic mass is 10.3. The van der Waals surface area contributed by atoms with Gasteiger partial charge in [-0.25, -0.2) is 4.79 Å². The second-order valence-corrected chi connectivity index (χ2v) is 3.85. The van der Waals surface area contributed by atoms with Gasteiger partial charge in [0.1, 0.15) is 0 Å². The molecule has 1 rings (SSSR count). The van der Waals surface area contributed by atoms with E-state index in [-0.39, 0.29) is 0 Å². The lowest BCUT2D eigenvalue weighted by Gasteiger charge is -1.85. The molecular weight excluding hydrogens is 230 g/mol. The zero-order valence-corrected chi connectivity index (χ0v) is 7.61. The molecule has 0 spiro atoms. The number of halogens is 1. The lowest BCUT2D eigenvalue weighted by molar-refractivity contribution is 0.100. The van der Waals surface area contributed by atoms with Crippen molar-refractivity contribution in [2.75, 3.05) is 0 Å². The van der Waals surface area contributed by atoms with Gasteiger partial charge in [-0.3, -0.25) is 4.79 Å². The van der Waals surface area contributed by atoms with E-state index in [1.807, 2.05) is 0 Å². The summed E-state index contributed by atoms with van der Waals surface area (Å²) in [6, 6.07) is 1.60. The van der Waals surface area contributed by atoms with E-state index >= 15 is 0 Å². The number of hydrogen-bond acceptors (Lipinski definition) is 3. The van der Waals surface area contributed by atoms with E-state index < -0.39 is 5.91 Å². The third kappa shape index (κ3) is 1.83. The number of aliphatic imine (C=N–C) groups is 1. The number of carbonyl (C=O) groups is 1. The zero-order chi connectivity index (χ0) is 8.27. The summed E-state index contributed by atoms with van der Waals surface area (Å²) >= 11 is 4.51. The maximum Gasteiger partial charge on any atom is 0.289 e. The van der Waals surface area contributed by atoms with E-state index in [0.29, 0.717) is 9.35 Å². The molecule has 1 aromatic heterocycles. The van der Waals surface area contributed by atoms with E-state index in [1.54, 1.807) is 11.4 Å². The molecule has 0 aromatic carbocycles. The maximum absolute atomic E-state index is 10.9. The molecule has 0 radical (unpaired) electrons. The highest BCUT2D eigenvalue weighted by Gasteiger charge is 2.08. The highest BCUT2D eigenvalue weighted by Crippen LogP contribution is 2.23. The average molecular weight is 232 g/mol. The molecule has 1 heterocycles. The molecular formula is C6H2BrNO2S. The van der Waals surface area contributed by atoms with Crippen molar-refractivity contribution in [2.45, 2.75) is 0 Å². The van der Waals surface area contributed by atoms with E-state index in [1.165, 1.54) is 17.4 Å². The molecule has 0 unspecified atom stereocenters. The molecule has 0 aliphatic heterocycles. The molecule has 0 N–H and O–H groups in total. The molecule has 0 saturated carbocycles. The topological polar surface area (TPSA) is 46.5 Å². The van der Waals surface area contributed by atoms with Crippen molar-refractivity contribution in [3.8, 4) is 0 Å². The fraction of sp³-hybridized carbons (Fsp3) is 0. The van der Waals surface area contributed by atoms with Crippen LogP contribution in [0.3, 0.4) is 0 Å². The van der Waals surface area contributed by atoms with Crippen LogP contribution in [0.5, 0.6) is 0 Å². The van der Waals surface area contributed by atoms with Gasteiger partial charge in [0.05, 0.1) is 9.35 Å². The SMILES string of the molecule is O=C=NC(=O)c1ccsc1Br. The van der Waals surface area contributed by atoms with E-state index in [2.05, 4.69) is 20.9 Å². The van der Waals surface area contributed by atoms with Crippen molar-refractivity contribution >= 4 is 39.3 Å². The molecule has 5 heteroatoms. The number of amides is 1. The van der Waals surface area contributed by atoms with Gasteiger partial charge in [0.25, 0.3) is 5.91 Å². The van der Waals surface area contributed by atoms with Crippen molar-refractivity contribution in [3.63, 3.8) is 0 Å². The summed E-state index contributed by atoms with van der Waals surface area (Å²) in [7, 11) is 0. The third-order valence-electron chi connectivity index (χ3n) is 0.996. The van der Waals surface area contributed by atoms with Crippen LogP contribution in [-0.4, -0.2) is 12.0 Å². The molecule has 0 aliphatic rings. The zero-order valence-electron chi connectivity index (χ0n) is 5.20. The first-order chi connectivity index (χ1) is 5.25. The molecule has 11 heavy (non-hydrogen) atoms.